The minimum Gasteiger partial charge on any atom is -0.312 e. The molecule has 3 heteroatoms. The lowest BCUT2D eigenvalue weighted by Gasteiger charge is -2.14. The molecule has 0 aromatic carbocycles. The molecular formula is C16H30N2S. The molecule has 1 aromatic rings. The second-order valence-electron chi connectivity index (χ2n) is 5.84. The molecule has 0 atom stereocenters. The third kappa shape index (κ3) is 7.71. The summed E-state index contributed by atoms with van der Waals surface area (Å²) in [5, 5.41) is 3.51. The minimum absolute atomic E-state index is 0.726. The van der Waals surface area contributed by atoms with Crippen LogP contribution < -0.4 is 5.32 Å². The van der Waals surface area contributed by atoms with Gasteiger partial charge in [0.15, 0.2) is 0 Å². The number of nitrogens with zero attached hydrogens (tertiary/aromatic N) is 1. The van der Waals surface area contributed by atoms with Crippen molar-refractivity contribution in [3.05, 3.63) is 21.9 Å². The molecule has 0 fully saturated rings. The SMILES string of the molecule is CCCCCN(C)Cc1ccc(CNCC(C)C)s1. The van der Waals surface area contributed by atoms with Crippen LogP contribution in [0.3, 0.4) is 0 Å². The molecule has 19 heavy (non-hydrogen) atoms. The van der Waals surface area contributed by atoms with Crippen LogP contribution in [0.5, 0.6) is 0 Å². The number of nitrogens with one attached hydrogen (secondary N) is 1. The Morgan fingerprint density at radius 3 is 2.63 bits per heavy atom. The molecule has 0 aliphatic heterocycles. The molecule has 0 saturated carbocycles. The highest BCUT2D eigenvalue weighted by molar-refractivity contribution is 7.11. The van der Waals surface area contributed by atoms with E-state index >= 15 is 0 Å². The average molecular weight is 282 g/mol. The normalized spacial score (nSPS) is 11.7. The molecule has 0 saturated heterocycles. The van der Waals surface area contributed by atoms with Crippen LogP contribution in [0.2, 0.25) is 0 Å². The van der Waals surface area contributed by atoms with Crippen LogP contribution >= 0.6 is 11.3 Å². The Morgan fingerprint density at radius 2 is 1.95 bits per heavy atom. The third-order valence-electron chi connectivity index (χ3n) is 3.14. The van der Waals surface area contributed by atoms with Crippen molar-refractivity contribution < 1.29 is 0 Å². The zero-order chi connectivity index (χ0) is 14.1. The Balaban J connectivity index is 2.25. The zero-order valence-corrected chi connectivity index (χ0v) is 13.9. The van der Waals surface area contributed by atoms with Gasteiger partial charge in [0.2, 0.25) is 0 Å². The van der Waals surface area contributed by atoms with Crippen molar-refractivity contribution in [2.75, 3.05) is 20.1 Å². The first-order valence-electron chi connectivity index (χ1n) is 7.58. The summed E-state index contributed by atoms with van der Waals surface area (Å²) in [4.78, 5) is 5.38. The van der Waals surface area contributed by atoms with Gasteiger partial charge in [-0.25, -0.2) is 0 Å². The Bertz CT molecular complexity index is 333. The van der Waals surface area contributed by atoms with Gasteiger partial charge in [-0.1, -0.05) is 33.6 Å². The second-order valence-corrected chi connectivity index (χ2v) is 7.09. The molecule has 0 unspecified atom stereocenters. The van der Waals surface area contributed by atoms with Crippen molar-refractivity contribution >= 4 is 11.3 Å². The van der Waals surface area contributed by atoms with E-state index in [1.54, 1.807) is 0 Å². The highest BCUT2D eigenvalue weighted by Crippen LogP contribution is 2.18. The highest BCUT2D eigenvalue weighted by Gasteiger charge is 2.04. The van der Waals surface area contributed by atoms with E-state index in [1.165, 1.54) is 35.6 Å². The standard InChI is InChI=1S/C16H30N2S/c1-5-6-7-10-18(4)13-16-9-8-15(19-16)12-17-11-14(2)3/h8-9,14,17H,5-7,10-13H2,1-4H3. The molecule has 0 radical (unpaired) electrons. The molecule has 110 valence electrons. The van der Waals surface area contributed by atoms with E-state index in [-0.39, 0.29) is 0 Å². The molecule has 2 nitrogen and oxygen atoms in total. The summed E-state index contributed by atoms with van der Waals surface area (Å²) < 4.78 is 0. The fourth-order valence-corrected chi connectivity index (χ4v) is 3.13. The van der Waals surface area contributed by atoms with Crippen LogP contribution in [0.1, 0.15) is 49.8 Å². The Kier molecular flexibility index (Phi) is 8.35. The Morgan fingerprint density at radius 1 is 1.21 bits per heavy atom. The van der Waals surface area contributed by atoms with E-state index in [2.05, 4.69) is 50.2 Å². The first kappa shape index (κ1) is 16.7. The second kappa shape index (κ2) is 9.51. The number of thiophene rings is 1. The largest absolute Gasteiger partial charge is 0.312 e. The lowest BCUT2D eigenvalue weighted by Crippen LogP contribution is -2.18. The van der Waals surface area contributed by atoms with Gasteiger partial charge in [0.1, 0.15) is 0 Å². The van der Waals surface area contributed by atoms with Crippen molar-refractivity contribution in [1.29, 1.82) is 0 Å². The van der Waals surface area contributed by atoms with E-state index in [4.69, 9.17) is 0 Å². The maximum Gasteiger partial charge on any atom is 0.0324 e. The fourth-order valence-electron chi connectivity index (χ4n) is 2.06. The van der Waals surface area contributed by atoms with E-state index in [9.17, 15) is 0 Å². The van der Waals surface area contributed by atoms with Gasteiger partial charge in [-0.3, -0.25) is 0 Å². The van der Waals surface area contributed by atoms with E-state index in [0.29, 0.717) is 0 Å². The smallest absolute Gasteiger partial charge is 0.0324 e. The van der Waals surface area contributed by atoms with Crippen molar-refractivity contribution in [3.8, 4) is 0 Å². The van der Waals surface area contributed by atoms with E-state index in [0.717, 1.165) is 25.6 Å². The zero-order valence-electron chi connectivity index (χ0n) is 13.0. The van der Waals surface area contributed by atoms with Gasteiger partial charge in [-0.2, -0.15) is 0 Å². The van der Waals surface area contributed by atoms with Crippen LogP contribution in [-0.4, -0.2) is 25.0 Å². The molecule has 0 aliphatic carbocycles. The number of hydrogen-bond acceptors (Lipinski definition) is 3. The summed E-state index contributed by atoms with van der Waals surface area (Å²) in [7, 11) is 2.23. The predicted octanol–water partition coefficient (Wildman–Crippen LogP) is 4.12. The number of unbranched alkanes of at least 4 members (excludes halogenated alkanes) is 2. The molecular weight excluding hydrogens is 252 g/mol. The van der Waals surface area contributed by atoms with Gasteiger partial charge in [-0.15, -0.1) is 11.3 Å². The van der Waals surface area contributed by atoms with Crippen molar-refractivity contribution in [1.82, 2.24) is 10.2 Å². The topological polar surface area (TPSA) is 15.3 Å². The summed E-state index contributed by atoms with van der Waals surface area (Å²) in [5.41, 5.74) is 0. The summed E-state index contributed by atoms with van der Waals surface area (Å²) in [6.45, 7) is 11.2. The van der Waals surface area contributed by atoms with Crippen molar-refractivity contribution in [2.45, 2.75) is 53.1 Å². The van der Waals surface area contributed by atoms with Crippen LogP contribution in [0, 0.1) is 5.92 Å². The van der Waals surface area contributed by atoms with Crippen molar-refractivity contribution in [3.63, 3.8) is 0 Å². The van der Waals surface area contributed by atoms with E-state index in [1.807, 2.05) is 11.3 Å². The minimum atomic E-state index is 0.726. The third-order valence-corrected chi connectivity index (χ3v) is 4.21. The molecule has 1 aromatic heterocycles. The first-order valence-corrected chi connectivity index (χ1v) is 8.40. The van der Waals surface area contributed by atoms with Gasteiger partial charge in [0.25, 0.3) is 0 Å². The molecule has 1 N–H and O–H groups in total. The van der Waals surface area contributed by atoms with Crippen LogP contribution in [-0.2, 0) is 13.1 Å². The van der Waals surface area contributed by atoms with Gasteiger partial charge >= 0.3 is 0 Å². The Hall–Kier alpha value is -0.380. The monoisotopic (exact) mass is 282 g/mol. The molecule has 0 aliphatic rings. The van der Waals surface area contributed by atoms with Crippen LogP contribution in [0.15, 0.2) is 12.1 Å². The molecule has 1 rings (SSSR count). The molecule has 0 spiro atoms. The van der Waals surface area contributed by atoms with Crippen molar-refractivity contribution in [2.24, 2.45) is 5.92 Å². The maximum absolute atomic E-state index is 3.51. The summed E-state index contributed by atoms with van der Waals surface area (Å²) in [6, 6.07) is 4.56. The number of hydrogen-bond donors (Lipinski definition) is 1. The first-order chi connectivity index (χ1) is 9.11. The average Bonchev–Trinajstić information content (AvgIpc) is 2.76. The number of rotatable bonds is 10. The van der Waals surface area contributed by atoms with Gasteiger partial charge in [0.05, 0.1) is 0 Å². The van der Waals surface area contributed by atoms with Crippen LogP contribution in [0.4, 0.5) is 0 Å². The Labute approximate surface area is 123 Å². The lowest BCUT2D eigenvalue weighted by atomic mass is 10.2. The molecule has 0 amide bonds. The summed E-state index contributed by atoms with van der Waals surface area (Å²) in [6.07, 6.45) is 3.97. The quantitative estimate of drug-likeness (QED) is 0.650. The predicted molar refractivity (Wildman–Crippen MR) is 86.7 cm³/mol. The summed E-state index contributed by atoms with van der Waals surface area (Å²) in [5.74, 6) is 0.726. The van der Waals surface area contributed by atoms with Gasteiger partial charge in [-0.05, 0) is 44.6 Å². The fraction of sp³-hybridized carbons (Fsp3) is 0.750. The van der Waals surface area contributed by atoms with Gasteiger partial charge in [0, 0.05) is 22.8 Å². The molecule has 1 heterocycles. The summed E-state index contributed by atoms with van der Waals surface area (Å²) >= 11 is 1.95. The van der Waals surface area contributed by atoms with Gasteiger partial charge < -0.3 is 10.2 Å². The van der Waals surface area contributed by atoms with E-state index < -0.39 is 0 Å². The van der Waals surface area contributed by atoms with Crippen LogP contribution in [0.25, 0.3) is 0 Å². The maximum atomic E-state index is 3.51. The molecule has 0 bridgehead atoms. The lowest BCUT2D eigenvalue weighted by molar-refractivity contribution is 0.321. The highest BCUT2D eigenvalue weighted by atomic mass is 32.1.